The maximum atomic E-state index is 12.7. The summed E-state index contributed by atoms with van der Waals surface area (Å²) in [7, 11) is 3.19. The fourth-order valence-electron chi connectivity index (χ4n) is 3.83. The van der Waals surface area contributed by atoms with Crippen LogP contribution in [0, 0.1) is 5.92 Å². The highest BCUT2D eigenvalue weighted by molar-refractivity contribution is 5.79. The van der Waals surface area contributed by atoms with Crippen LogP contribution in [0.5, 0.6) is 11.5 Å². The molecule has 2 unspecified atom stereocenters. The van der Waals surface area contributed by atoms with Crippen LogP contribution in [0.1, 0.15) is 24.8 Å². The van der Waals surface area contributed by atoms with Gasteiger partial charge in [-0.3, -0.25) is 19.9 Å². The molecule has 0 saturated carbocycles. The zero-order chi connectivity index (χ0) is 19.2. The van der Waals surface area contributed by atoms with Gasteiger partial charge in [0.15, 0.2) is 11.5 Å². The highest BCUT2D eigenvalue weighted by atomic mass is 16.5. The number of benzene rings is 1. The summed E-state index contributed by atoms with van der Waals surface area (Å²) < 4.78 is 10.7. The van der Waals surface area contributed by atoms with Crippen LogP contribution in [0.15, 0.2) is 18.2 Å². The Bertz CT molecular complexity index is 682. The second kappa shape index (κ2) is 9.05. The number of amides is 2. The van der Waals surface area contributed by atoms with Crippen molar-refractivity contribution in [2.45, 2.75) is 31.8 Å². The van der Waals surface area contributed by atoms with Crippen LogP contribution in [0.2, 0.25) is 0 Å². The molecule has 0 bridgehead atoms. The van der Waals surface area contributed by atoms with Crippen LogP contribution in [0.4, 0.5) is 0 Å². The molecule has 3 N–H and O–H groups in total. The molecule has 3 rings (SSSR count). The van der Waals surface area contributed by atoms with Crippen molar-refractivity contribution in [2.24, 2.45) is 5.92 Å². The van der Waals surface area contributed by atoms with Crippen LogP contribution in [-0.2, 0) is 16.1 Å². The van der Waals surface area contributed by atoms with Gasteiger partial charge < -0.3 is 14.8 Å². The van der Waals surface area contributed by atoms with E-state index in [4.69, 9.17) is 9.47 Å². The molecule has 1 aromatic carbocycles. The van der Waals surface area contributed by atoms with Gasteiger partial charge in [0, 0.05) is 37.7 Å². The van der Waals surface area contributed by atoms with Gasteiger partial charge >= 0.3 is 0 Å². The Morgan fingerprint density at radius 3 is 2.93 bits per heavy atom. The van der Waals surface area contributed by atoms with Gasteiger partial charge in [-0.05, 0) is 25.5 Å². The Labute approximate surface area is 159 Å². The van der Waals surface area contributed by atoms with E-state index in [0.717, 1.165) is 24.9 Å². The van der Waals surface area contributed by atoms with Crippen LogP contribution < -0.4 is 25.6 Å². The molecule has 0 spiro atoms. The highest BCUT2D eigenvalue weighted by Gasteiger charge is 2.32. The summed E-state index contributed by atoms with van der Waals surface area (Å²) in [6.45, 7) is 2.71. The average Bonchev–Trinajstić information content (AvgIpc) is 2.71. The van der Waals surface area contributed by atoms with Gasteiger partial charge in [-0.2, -0.15) is 0 Å². The number of para-hydroxylation sites is 1. The van der Waals surface area contributed by atoms with E-state index in [-0.39, 0.29) is 23.8 Å². The summed E-state index contributed by atoms with van der Waals surface area (Å²) in [5, 5.41) is 3.03. The Hall–Kier alpha value is -2.32. The maximum Gasteiger partial charge on any atom is 0.235 e. The SMILES string of the molecule is COc1cccc(CNC(=O)C2CCCN(C3CNNC(=O)C3)C2)c1OC. The van der Waals surface area contributed by atoms with Crippen LogP contribution >= 0.6 is 0 Å². The molecule has 2 fully saturated rings. The lowest BCUT2D eigenvalue weighted by atomic mass is 9.94. The Balaban J connectivity index is 1.57. The molecule has 27 heavy (non-hydrogen) atoms. The van der Waals surface area contributed by atoms with Crippen LogP contribution in [-0.4, -0.2) is 56.6 Å². The molecule has 2 amide bonds. The first kappa shape index (κ1) is 19.4. The summed E-state index contributed by atoms with van der Waals surface area (Å²) in [5.74, 6) is 1.27. The molecule has 2 aliphatic heterocycles. The van der Waals surface area contributed by atoms with E-state index < -0.39 is 0 Å². The number of likely N-dealkylation sites (tertiary alicyclic amines) is 1. The first-order chi connectivity index (χ1) is 13.1. The van der Waals surface area contributed by atoms with Crippen LogP contribution in [0.3, 0.4) is 0 Å². The van der Waals surface area contributed by atoms with Gasteiger partial charge in [0.25, 0.3) is 0 Å². The second-order valence-electron chi connectivity index (χ2n) is 6.99. The van der Waals surface area contributed by atoms with Crippen molar-refractivity contribution in [1.82, 2.24) is 21.1 Å². The predicted molar refractivity (Wildman–Crippen MR) is 100 cm³/mol. The van der Waals surface area contributed by atoms with Gasteiger partial charge in [-0.1, -0.05) is 12.1 Å². The number of nitrogens with one attached hydrogen (secondary N) is 3. The average molecular weight is 376 g/mol. The first-order valence-corrected chi connectivity index (χ1v) is 9.35. The smallest absolute Gasteiger partial charge is 0.235 e. The van der Waals surface area contributed by atoms with Crippen molar-refractivity contribution >= 4 is 11.8 Å². The third kappa shape index (κ3) is 4.70. The fourth-order valence-corrected chi connectivity index (χ4v) is 3.83. The first-order valence-electron chi connectivity index (χ1n) is 9.35. The molecular formula is C19H28N4O4. The van der Waals surface area contributed by atoms with Crippen molar-refractivity contribution < 1.29 is 19.1 Å². The van der Waals surface area contributed by atoms with E-state index in [1.165, 1.54) is 0 Å². The number of hydrogen-bond acceptors (Lipinski definition) is 6. The summed E-state index contributed by atoms with van der Waals surface area (Å²) in [6, 6.07) is 5.78. The van der Waals surface area contributed by atoms with Crippen molar-refractivity contribution in [3.63, 3.8) is 0 Å². The van der Waals surface area contributed by atoms with Crippen molar-refractivity contribution in [1.29, 1.82) is 0 Å². The lowest BCUT2D eigenvalue weighted by Gasteiger charge is -2.39. The number of carbonyl (C=O) groups is 2. The molecule has 148 valence electrons. The quantitative estimate of drug-likeness (QED) is 0.667. The molecule has 2 atom stereocenters. The number of hydrazine groups is 1. The third-order valence-electron chi connectivity index (χ3n) is 5.26. The topological polar surface area (TPSA) is 91.9 Å². The van der Waals surface area contributed by atoms with Gasteiger partial charge in [0.2, 0.25) is 11.8 Å². The van der Waals surface area contributed by atoms with Gasteiger partial charge in [-0.25, -0.2) is 5.43 Å². The number of hydrogen-bond donors (Lipinski definition) is 3. The molecule has 0 radical (unpaired) electrons. The van der Waals surface area contributed by atoms with E-state index in [2.05, 4.69) is 21.1 Å². The molecule has 2 saturated heterocycles. The molecule has 2 aliphatic rings. The number of rotatable bonds is 6. The maximum absolute atomic E-state index is 12.7. The molecular weight excluding hydrogens is 348 g/mol. The largest absolute Gasteiger partial charge is 0.493 e. The van der Waals surface area contributed by atoms with Crippen molar-refractivity contribution in [3.8, 4) is 11.5 Å². The molecule has 2 heterocycles. The number of ether oxygens (including phenoxy) is 2. The lowest BCUT2D eigenvalue weighted by molar-refractivity contribution is -0.128. The Morgan fingerprint density at radius 2 is 2.19 bits per heavy atom. The van der Waals surface area contributed by atoms with E-state index >= 15 is 0 Å². The van der Waals surface area contributed by atoms with Gasteiger partial charge in [0.1, 0.15) is 0 Å². The summed E-state index contributed by atoms with van der Waals surface area (Å²) in [6.07, 6.45) is 2.30. The standard InChI is InChI=1S/C19H28N4O4/c1-26-16-7-3-5-13(18(16)27-2)10-20-19(25)14-6-4-8-23(12-14)15-9-17(24)22-21-11-15/h3,5,7,14-15,21H,4,6,8-12H2,1-2H3,(H,20,25)(H,22,24). The Kier molecular flexibility index (Phi) is 6.52. The zero-order valence-corrected chi connectivity index (χ0v) is 15.9. The summed E-state index contributed by atoms with van der Waals surface area (Å²) in [5.41, 5.74) is 6.44. The molecule has 8 heteroatoms. The normalized spacial score (nSPS) is 23.4. The summed E-state index contributed by atoms with van der Waals surface area (Å²) in [4.78, 5) is 26.6. The summed E-state index contributed by atoms with van der Waals surface area (Å²) >= 11 is 0. The van der Waals surface area contributed by atoms with Crippen LogP contribution in [0.25, 0.3) is 0 Å². The van der Waals surface area contributed by atoms with Gasteiger partial charge in [-0.15, -0.1) is 0 Å². The number of piperidine rings is 1. The highest BCUT2D eigenvalue weighted by Crippen LogP contribution is 2.30. The molecule has 1 aromatic rings. The lowest BCUT2D eigenvalue weighted by Crippen LogP contribution is -2.57. The Morgan fingerprint density at radius 1 is 1.33 bits per heavy atom. The second-order valence-corrected chi connectivity index (χ2v) is 6.99. The minimum absolute atomic E-state index is 0.00273. The third-order valence-corrected chi connectivity index (χ3v) is 5.26. The zero-order valence-electron chi connectivity index (χ0n) is 15.9. The monoisotopic (exact) mass is 376 g/mol. The molecule has 0 aromatic heterocycles. The van der Waals surface area contributed by atoms with E-state index in [0.29, 0.717) is 37.6 Å². The van der Waals surface area contributed by atoms with E-state index in [1.54, 1.807) is 14.2 Å². The van der Waals surface area contributed by atoms with Gasteiger partial charge in [0.05, 0.1) is 20.1 Å². The molecule has 8 nitrogen and oxygen atoms in total. The van der Waals surface area contributed by atoms with Crippen molar-refractivity contribution in [3.05, 3.63) is 23.8 Å². The van der Waals surface area contributed by atoms with E-state index in [9.17, 15) is 9.59 Å². The van der Waals surface area contributed by atoms with Crippen molar-refractivity contribution in [2.75, 3.05) is 33.9 Å². The predicted octanol–water partition coefficient (Wildman–Crippen LogP) is 0.425. The minimum Gasteiger partial charge on any atom is -0.493 e. The minimum atomic E-state index is -0.0691. The molecule has 0 aliphatic carbocycles. The number of methoxy groups -OCH3 is 2. The van der Waals surface area contributed by atoms with E-state index in [1.807, 2.05) is 18.2 Å². The fraction of sp³-hybridized carbons (Fsp3) is 0.579. The number of carbonyl (C=O) groups excluding carboxylic acids is 2. The number of nitrogens with zero attached hydrogens (tertiary/aromatic N) is 1.